The van der Waals surface area contributed by atoms with Crippen molar-refractivity contribution in [1.82, 2.24) is 0 Å². The van der Waals surface area contributed by atoms with E-state index in [-0.39, 0.29) is 37.9 Å². The van der Waals surface area contributed by atoms with Gasteiger partial charge in [0.25, 0.3) is 0 Å². The van der Waals surface area contributed by atoms with Crippen molar-refractivity contribution in [2.75, 3.05) is 37.9 Å². The molecule has 0 aliphatic heterocycles. The Kier molecular flexibility index (Phi) is 16.9. The summed E-state index contributed by atoms with van der Waals surface area (Å²) in [5.74, 6) is -0.982. The monoisotopic (exact) mass is 784 g/mol. The maximum atomic E-state index is 12.4. The highest BCUT2D eigenvalue weighted by Crippen LogP contribution is 2.35. The second-order valence-electron chi connectivity index (χ2n) is 12.4. The molecule has 12 heteroatoms. The summed E-state index contributed by atoms with van der Waals surface area (Å²) in [6.07, 6.45) is 0.343. The number of ether oxygens (including phenoxy) is 6. The first-order valence-electron chi connectivity index (χ1n) is 17.4. The van der Waals surface area contributed by atoms with Crippen molar-refractivity contribution >= 4 is 47.4 Å². The molecule has 0 aliphatic carbocycles. The van der Waals surface area contributed by atoms with Crippen molar-refractivity contribution in [3.05, 3.63) is 146 Å². The highest BCUT2D eigenvalue weighted by Gasteiger charge is 2.25. The van der Waals surface area contributed by atoms with E-state index in [1.54, 1.807) is 12.1 Å². The lowest BCUT2D eigenvalue weighted by Gasteiger charge is -2.27. The van der Waals surface area contributed by atoms with Crippen LogP contribution in [0.5, 0.6) is 11.5 Å². The average molecular weight is 785 g/mol. The van der Waals surface area contributed by atoms with Gasteiger partial charge in [0.05, 0.1) is 11.5 Å². The summed E-state index contributed by atoms with van der Waals surface area (Å²) < 4.78 is 33.7. The van der Waals surface area contributed by atoms with Gasteiger partial charge in [-0.15, -0.1) is 23.5 Å². The number of thioether (sulfide) groups is 2. The summed E-state index contributed by atoms with van der Waals surface area (Å²) >= 11 is 2.69. The molecule has 0 aromatic heterocycles. The SMILES string of the molecule is C=CC(=O)OC(COC(=O)CSc1ccccc1)COc1cccc(C(C)(C)c2cccc(OCC(COC(=O)CSc3ccccc3)OC(=O)C=C)c2)c1. The standard InChI is InChI=1S/C43H44O10S2/c1-5-39(44)52-35(27-50-41(46)29-54-37-19-9-7-10-20-37)25-48-33-17-13-15-31(23-33)43(3,4)32-16-14-18-34(24-32)49-26-36(53-40(45)6-2)28-51-42(47)30-55-38-21-11-8-12-22-38/h5-24,35-36H,1-2,25-30H2,3-4H3. The van der Waals surface area contributed by atoms with Gasteiger partial charge in [-0.25, -0.2) is 9.59 Å². The summed E-state index contributed by atoms with van der Waals surface area (Å²) in [7, 11) is 0. The lowest BCUT2D eigenvalue weighted by atomic mass is 9.78. The molecule has 0 saturated carbocycles. The molecule has 4 aromatic rings. The molecule has 288 valence electrons. The summed E-state index contributed by atoms with van der Waals surface area (Å²) in [6.45, 7) is 10.5. The third kappa shape index (κ3) is 14.7. The van der Waals surface area contributed by atoms with Crippen LogP contribution in [0.2, 0.25) is 0 Å². The van der Waals surface area contributed by atoms with Crippen molar-refractivity contribution in [2.24, 2.45) is 0 Å². The first-order chi connectivity index (χ1) is 26.5. The number of rotatable bonds is 22. The van der Waals surface area contributed by atoms with E-state index < -0.39 is 41.5 Å². The van der Waals surface area contributed by atoms with Crippen LogP contribution in [-0.4, -0.2) is 74.0 Å². The van der Waals surface area contributed by atoms with Crippen LogP contribution < -0.4 is 9.47 Å². The molecule has 2 unspecified atom stereocenters. The van der Waals surface area contributed by atoms with Crippen LogP contribution in [0.25, 0.3) is 0 Å². The fraction of sp³-hybridized carbons (Fsp3) is 0.256. The zero-order valence-corrected chi connectivity index (χ0v) is 32.4. The van der Waals surface area contributed by atoms with E-state index >= 15 is 0 Å². The van der Waals surface area contributed by atoms with Crippen molar-refractivity contribution in [1.29, 1.82) is 0 Å². The number of hydrogen-bond acceptors (Lipinski definition) is 12. The number of carbonyl (C=O) groups is 4. The zero-order chi connectivity index (χ0) is 39.5. The Morgan fingerprint density at radius 2 is 0.982 bits per heavy atom. The predicted molar refractivity (Wildman–Crippen MR) is 212 cm³/mol. The molecule has 4 rings (SSSR count). The largest absolute Gasteiger partial charge is 0.490 e. The molecule has 0 aliphatic rings. The lowest BCUT2D eigenvalue weighted by Crippen LogP contribution is -2.31. The fourth-order valence-corrected chi connectivity index (χ4v) is 6.36. The Hall–Kier alpha value is -5.46. The first kappa shape index (κ1) is 42.3. The second-order valence-corrected chi connectivity index (χ2v) is 14.5. The maximum Gasteiger partial charge on any atom is 0.330 e. The van der Waals surface area contributed by atoms with E-state index in [1.807, 2.05) is 111 Å². The number of carbonyl (C=O) groups excluding carboxylic acids is 4. The molecular weight excluding hydrogens is 741 g/mol. The van der Waals surface area contributed by atoms with Crippen molar-refractivity contribution in [3.63, 3.8) is 0 Å². The van der Waals surface area contributed by atoms with Gasteiger partial charge in [0.2, 0.25) is 0 Å². The van der Waals surface area contributed by atoms with E-state index in [4.69, 9.17) is 28.4 Å². The van der Waals surface area contributed by atoms with E-state index in [1.165, 1.54) is 23.5 Å². The number of benzene rings is 4. The highest BCUT2D eigenvalue weighted by atomic mass is 32.2. The molecule has 0 fully saturated rings. The Morgan fingerprint density at radius 3 is 1.36 bits per heavy atom. The normalized spacial score (nSPS) is 12.0. The fourth-order valence-electron chi connectivity index (χ4n) is 4.92. The van der Waals surface area contributed by atoms with Gasteiger partial charge in [-0.2, -0.15) is 0 Å². The average Bonchev–Trinajstić information content (AvgIpc) is 3.21. The van der Waals surface area contributed by atoms with E-state index in [0.29, 0.717) is 11.5 Å². The van der Waals surface area contributed by atoms with Crippen molar-refractivity contribution in [2.45, 2.75) is 41.3 Å². The van der Waals surface area contributed by atoms with Crippen LogP contribution in [0.1, 0.15) is 25.0 Å². The predicted octanol–water partition coefficient (Wildman–Crippen LogP) is 7.64. The van der Waals surface area contributed by atoms with Gasteiger partial charge in [-0.05, 0) is 59.7 Å². The molecule has 4 aromatic carbocycles. The van der Waals surface area contributed by atoms with Crippen LogP contribution in [0.4, 0.5) is 0 Å². The molecular formula is C43H44O10S2. The Bertz CT molecular complexity index is 1750. The topological polar surface area (TPSA) is 124 Å². The van der Waals surface area contributed by atoms with Crippen LogP contribution in [-0.2, 0) is 43.5 Å². The summed E-state index contributed by atoms with van der Waals surface area (Å²) in [5.41, 5.74) is 1.31. The molecule has 0 bridgehead atoms. The highest BCUT2D eigenvalue weighted by molar-refractivity contribution is 8.00. The van der Waals surface area contributed by atoms with Crippen LogP contribution in [0.15, 0.2) is 144 Å². The smallest absolute Gasteiger partial charge is 0.330 e. The third-order valence-electron chi connectivity index (χ3n) is 7.94. The second kappa shape index (κ2) is 22.0. The number of esters is 4. The lowest BCUT2D eigenvalue weighted by molar-refractivity contribution is -0.155. The Labute approximate surface area is 330 Å². The minimum atomic E-state index is -0.868. The Balaban J connectivity index is 1.34. The maximum absolute atomic E-state index is 12.4. The molecule has 10 nitrogen and oxygen atoms in total. The quantitative estimate of drug-likeness (QED) is 0.0337. The van der Waals surface area contributed by atoms with E-state index in [9.17, 15) is 19.2 Å². The van der Waals surface area contributed by atoms with Crippen LogP contribution in [0.3, 0.4) is 0 Å². The molecule has 0 saturated heterocycles. The van der Waals surface area contributed by atoms with Gasteiger partial charge in [0.1, 0.15) is 37.9 Å². The Morgan fingerprint density at radius 1 is 0.582 bits per heavy atom. The van der Waals surface area contributed by atoms with Gasteiger partial charge in [-0.3, -0.25) is 9.59 Å². The van der Waals surface area contributed by atoms with Gasteiger partial charge in [0.15, 0.2) is 12.2 Å². The first-order valence-corrected chi connectivity index (χ1v) is 19.3. The van der Waals surface area contributed by atoms with Crippen LogP contribution in [0, 0.1) is 0 Å². The molecule has 0 spiro atoms. The molecule has 55 heavy (non-hydrogen) atoms. The van der Waals surface area contributed by atoms with Crippen LogP contribution >= 0.6 is 23.5 Å². The van der Waals surface area contributed by atoms with Gasteiger partial charge >= 0.3 is 23.9 Å². The number of hydrogen-bond donors (Lipinski definition) is 0. The minimum absolute atomic E-state index is 0.0648. The summed E-state index contributed by atoms with van der Waals surface area (Å²) in [5, 5.41) is 0. The van der Waals surface area contributed by atoms with Crippen molar-refractivity contribution in [3.8, 4) is 11.5 Å². The molecule has 2 atom stereocenters. The summed E-state index contributed by atoms with van der Waals surface area (Å²) in [4.78, 5) is 50.8. The van der Waals surface area contributed by atoms with Crippen molar-refractivity contribution < 1.29 is 47.6 Å². The molecule has 0 heterocycles. The molecule has 0 radical (unpaired) electrons. The van der Waals surface area contributed by atoms with Gasteiger partial charge < -0.3 is 28.4 Å². The molecule has 0 N–H and O–H groups in total. The van der Waals surface area contributed by atoms with Gasteiger partial charge in [0, 0.05) is 27.4 Å². The third-order valence-corrected chi connectivity index (χ3v) is 9.91. The zero-order valence-electron chi connectivity index (χ0n) is 30.8. The van der Waals surface area contributed by atoms with Gasteiger partial charge in [-0.1, -0.05) is 87.7 Å². The van der Waals surface area contributed by atoms with E-state index in [2.05, 4.69) is 13.2 Å². The summed E-state index contributed by atoms with van der Waals surface area (Å²) in [6, 6.07) is 33.9. The molecule has 0 amide bonds. The van der Waals surface area contributed by atoms with E-state index in [0.717, 1.165) is 33.1 Å². The minimum Gasteiger partial charge on any atom is -0.490 e.